The monoisotopic (exact) mass is 258 g/mol. The highest BCUT2D eigenvalue weighted by atomic mass is 15.2. The zero-order valence-corrected chi connectivity index (χ0v) is 11.6. The Balaban J connectivity index is 2.07. The standard InChI is InChI=1S/C15H22N4/c1-2-10-19(12-13-6-8-17-9-7-13)15-5-3-4-14(11-16)18-15/h3-5,13,17H,2,6-10,12H2,1H3. The highest BCUT2D eigenvalue weighted by molar-refractivity contribution is 5.41. The molecule has 1 fully saturated rings. The smallest absolute Gasteiger partial charge is 0.142 e. The van der Waals surface area contributed by atoms with Gasteiger partial charge in [0.1, 0.15) is 17.6 Å². The van der Waals surface area contributed by atoms with E-state index in [-0.39, 0.29) is 0 Å². The zero-order valence-electron chi connectivity index (χ0n) is 11.6. The van der Waals surface area contributed by atoms with Crippen LogP contribution in [-0.4, -0.2) is 31.2 Å². The van der Waals surface area contributed by atoms with Crippen LogP contribution < -0.4 is 10.2 Å². The Morgan fingerprint density at radius 2 is 2.21 bits per heavy atom. The van der Waals surface area contributed by atoms with Gasteiger partial charge in [0.2, 0.25) is 0 Å². The molecule has 1 aromatic rings. The number of hydrogen-bond acceptors (Lipinski definition) is 4. The lowest BCUT2D eigenvalue weighted by Gasteiger charge is -2.30. The van der Waals surface area contributed by atoms with Gasteiger partial charge in [-0.05, 0) is 50.4 Å². The van der Waals surface area contributed by atoms with Crippen molar-refractivity contribution < 1.29 is 0 Å². The molecule has 1 aliphatic heterocycles. The Labute approximate surface area is 115 Å². The van der Waals surface area contributed by atoms with Gasteiger partial charge < -0.3 is 10.2 Å². The fourth-order valence-corrected chi connectivity index (χ4v) is 2.61. The van der Waals surface area contributed by atoms with Crippen LogP contribution in [0.5, 0.6) is 0 Å². The number of rotatable bonds is 5. The largest absolute Gasteiger partial charge is 0.356 e. The lowest BCUT2D eigenvalue weighted by atomic mass is 9.97. The first kappa shape index (κ1) is 13.8. The fraction of sp³-hybridized carbons (Fsp3) is 0.600. The molecule has 0 atom stereocenters. The average Bonchev–Trinajstić information content (AvgIpc) is 2.48. The van der Waals surface area contributed by atoms with E-state index in [4.69, 9.17) is 5.26 Å². The van der Waals surface area contributed by atoms with Crippen LogP contribution in [0.3, 0.4) is 0 Å². The summed E-state index contributed by atoms with van der Waals surface area (Å²) in [6.07, 6.45) is 3.57. The maximum absolute atomic E-state index is 8.96. The van der Waals surface area contributed by atoms with Crippen LogP contribution in [0, 0.1) is 17.2 Å². The number of nitrogens with one attached hydrogen (secondary N) is 1. The third kappa shape index (κ3) is 3.93. The predicted molar refractivity (Wildman–Crippen MR) is 77.0 cm³/mol. The molecule has 0 aromatic carbocycles. The van der Waals surface area contributed by atoms with Crippen LogP contribution in [-0.2, 0) is 0 Å². The number of aromatic nitrogens is 1. The van der Waals surface area contributed by atoms with Crippen molar-refractivity contribution in [2.24, 2.45) is 5.92 Å². The summed E-state index contributed by atoms with van der Waals surface area (Å²) >= 11 is 0. The van der Waals surface area contributed by atoms with Gasteiger partial charge in [-0.15, -0.1) is 0 Å². The van der Waals surface area contributed by atoms with Crippen molar-refractivity contribution >= 4 is 5.82 Å². The molecule has 1 aromatic heterocycles. The van der Waals surface area contributed by atoms with Crippen molar-refractivity contribution in [1.82, 2.24) is 10.3 Å². The van der Waals surface area contributed by atoms with Crippen LogP contribution >= 0.6 is 0 Å². The lowest BCUT2D eigenvalue weighted by molar-refractivity contribution is 0.372. The Bertz CT molecular complexity index is 432. The van der Waals surface area contributed by atoms with Gasteiger partial charge in [0.25, 0.3) is 0 Å². The normalized spacial score (nSPS) is 16.0. The molecule has 0 spiro atoms. The highest BCUT2D eigenvalue weighted by Crippen LogP contribution is 2.18. The molecule has 0 bridgehead atoms. The van der Waals surface area contributed by atoms with Gasteiger partial charge in [0.05, 0.1) is 0 Å². The van der Waals surface area contributed by atoms with E-state index in [2.05, 4.69) is 28.2 Å². The minimum absolute atomic E-state index is 0.504. The fourth-order valence-electron chi connectivity index (χ4n) is 2.61. The van der Waals surface area contributed by atoms with Crippen LogP contribution in [0.15, 0.2) is 18.2 Å². The van der Waals surface area contributed by atoms with Crippen LogP contribution in [0.25, 0.3) is 0 Å². The summed E-state index contributed by atoms with van der Waals surface area (Å²) in [5.74, 6) is 1.68. The van der Waals surface area contributed by atoms with Gasteiger partial charge in [0.15, 0.2) is 0 Å². The summed E-state index contributed by atoms with van der Waals surface area (Å²) in [4.78, 5) is 6.76. The van der Waals surface area contributed by atoms with Crippen molar-refractivity contribution in [3.05, 3.63) is 23.9 Å². The second-order valence-corrected chi connectivity index (χ2v) is 5.13. The minimum Gasteiger partial charge on any atom is -0.356 e. The molecule has 19 heavy (non-hydrogen) atoms. The third-order valence-corrected chi connectivity index (χ3v) is 3.60. The van der Waals surface area contributed by atoms with E-state index in [0.29, 0.717) is 5.69 Å². The second kappa shape index (κ2) is 7.10. The molecule has 0 unspecified atom stereocenters. The molecule has 1 saturated heterocycles. The van der Waals surface area contributed by atoms with E-state index in [1.54, 1.807) is 6.07 Å². The molecule has 0 amide bonds. The summed E-state index contributed by atoms with van der Waals surface area (Å²) in [7, 11) is 0. The summed E-state index contributed by atoms with van der Waals surface area (Å²) in [6.45, 7) is 6.49. The Kier molecular flexibility index (Phi) is 5.17. The Morgan fingerprint density at radius 3 is 2.89 bits per heavy atom. The maximum atomic E-state index is 8.96. The number of anilines is 1. The van der Waals surface area contributed by atoms with E-state index >= 15 is 0 Å². The van der Waals surface area contributed by atoms with Crippen molar-refractivity contribution in [1.29, 1.82) is 5.26 Å². The maximum Gasteiger partial charge on any atom is 0.142 e. The van der Waals surface area contributed by atoms with E-state index in [1.165, 1.54) is 12.8 Å². The van der Waals surface area contributed by atoms with Crippen LogP contribution in [0.2, 0.25) is 0 Å². The molecule has 1 aliphatic rings. The first-order chi connectivity index (χ1) is 9.33. The van der Waals surface area contributed by atoms with Gasteiger partial charge >= 0.3 is 0 Å². The van der Waals surface area contributed by atoms with Gasteiger partial charge in [0, 0.05) is 13.1 Å². The van der Waals surface area contributed by atoms with E-state index in [1.807, 2.05) is 12.1 Å². The van der Waals surface area contributed by atoms with Crippen molar-refractivity contribution in [2.45, 2.75) is 26.2 Å². The molecule has 2 rings (SSSR count). The van der Waals surface area contributed by atoms with Crippen molar-refractivity contribution in [2.75, 3.05) is 31.1 Å². The molecule has 0 radical (unpaired) electrons. The number of pyridine rings is 1. The van der Waals surface area contributed by atoms with E-state index < -0.39 is 0 Å². The lowest BCUT2D eigenvalue weighted by Crippen LogP contribution is -2.37. The second-order valence-electron chi connectivity index (χ2n) is 5.13. The molecule has 1 N–H and O–H groups in total. The summed E-state index contributed by atoms with van der Waals surface area (Å²) in [6, 6.07) is 7.82. The van der Waals surface area contributed by atoms with Crippen LogP contribution in [0.1, 0.15) is 31.9 Å². The van der Waals surface area contributed by atoms with E-state index in [0.717, 1.165) is 44.3 Å². The van der Waals surface area contributed by atoms with E-state index in [9.17, 15) is 0 Å². The third-order valence-electron chi connectivity index (χ3n) is 3.60. The quantitative estimate of drug-likeness (QED) is 0.879. The molecule has 102 valence electrons. The topological polar surface area (TPSA) is 52.0 Å². The molecule has 0 aliphatic carbocycles. The van der Waals surface area contributed by atoms with Crippen LogP contribution in [0.4, 0.5) is 5.82 Å². The molecular formula is C15H22N4. The first-order valence-corrected chi connectivity index (χ1v) is 7.16. The number of nitriles is 1. The summed E-state index contributed by atoms with van der Waals surface area (Å²) in [5, 5.41) is 12.4. The average molecular weight is 258 g/mol. The van der Waals surface area contributed by atoms with Crippen molar-refractivity contribution in [3.63, 3.8) is 0 Å². The molecular weight excluding hydrogens is 236 g/mol. The van der Waals surface area contributed by atoms with Gasteiger partial charge in [-0.1, -0.05) is 13.0 Å². The summed E-state index contributed by atoms with van der Waals surface area (Å²) in [5.41, 5.74) is 0.504. The van der Waals surface area contributed by atoms with Gasteiger partial charge in [-0.3, -0.25) is 0 Å². The predicted octanol–water partition coefficient (Wildman–Crippen LogP) is 2.17. The summed E-state index contributed by atoms with van der Waals surface area (Å²) < 4.78 is 0. The number of hydrogen-bond donors (Lipinski definition) is 1. The Hall–Kier alpha value is -1.60. The van der Waals surface area contributed by atoms with Crippen molar-refractivity contribution in [3.8, 4) is 6.07 Å². The Morgan fingerprint density at radius 1 is 1.42 bits per heavy atom. The van der Waals surface area contributed by atoms with Gasteiger partial charge in [-0.25, -0.2) is 4.98 Å². The SMILES string of the molecule is CCCN(CC1CCNCC1)c1cccc(C#N)n1. The number of piperidine rings is 1. The zero-order chi connectivity index (χ0) is 13.5. The molecule has 0 saturated carbocycles. The molecule has 4 heteroatoms. The first-order valence-electron chi connectivity index (χ1n) is 7.16. The number of nitrogens with zero attached hydrogens (tertiary/aromatic N) is 3. The van der Waals surface area contributed by atoms with Gasteiger partial charge in [-0.2, -0.15) is 5.26 Å². The molecule has 2 heterocycles. The molecule has 4 nitrogen and oxygen atoms in total. The highest BCUT2D eigenvalue weighted by Gasteiger charge is 2.17. The minimum atomic E-state index is 0.504.